The van der Waals surface area contributed by atoms with Gasteiger partial charge in [0, 0.05) is 0 Å². The highest BCUT2D eigenvalue weighted by molar-refractivity contribution is 4.77. The first-order valence-electron chi connectivity index (χ1n) is 4.24. The van der Waals surface area contributed by atoms with Crippen LogP contribution >= 0.6 is 0 Å². The Morgan fingerprint density at radius 2 is 1.89 bits per heavy atom. The summed E-state index contributed by atoms with van der Waals surface area (Å²) in [5, 5.41) is 0. The molecular formula is C9H18. The second kappa shape index (κ2) is 2.72. The molecule has 0 bridgehead atoms. The Balaban J connectivity index is 2.38. The molecule has 0 spiro atoms. The number of rotatable bonds is 1. The summed E-state index contributed by atoms with van der Waals surface area (Å²) in [5.41, 5.74) is 0. The van der Waals surface area contributed by atoms with Crippen LogP contribution in [0.2, 0.25) is 0 Å². The van der Waals surface area contributed by atoms with E-state index in [4.69, 9.17) is 0 Å². The van der Waals surface area contributed by atoms with Crippen molar-refractivity contribution >= 4 is 0 Å². The quantitative estimate of drug-likeness (QED) is 0.506. The van der Waals surface area contributed by atoms with Gasteiger partial charge in [-0.05, 0) is 30.6 Å². The Morgan fingerprint density at radius 3 is 2.11 bits per heavy atom. The van der Waals surface area contributed by atoms with E-state index in [9.17, 15) is 0 Å². The standard InChI is InChI=1S/C9H18/c1-4-9-6-7(2)5-8(9)3/h7-9H,4-6H2,1-3H3/t7-,8+,9+/m0/s1. The van der Waals surface area contributed by atoms with E-state index in [1.54, 1.807) is 0 Å². The van der Waals surface area contributed by atoms with E-state index in [1.165, 1.54) is 19.3 Å². The molecule has 1 aliphatic rings. The summed E-state index contributed by atoms with van der Waals surface area (Å²) in [6.45, 7) is 7.10. The van der Waals surface area contributed by atoms with Crippen LogP contribution < -0.4 is 0 Å². The van der Waals surface area contributed by atoms with Crippen LogP contribution in [0.4, 0.5) is 0 Å². The summed E-state index contributed by atoms with van der Waals surface area (Å²) in [6, 6.07) is 0. The number of hydrogen-bond donors (Lipinski definition) is 0. The van der Waals surface area contributed by atoms with Crippen LogP contribution in [0.25, 0.3) is 0 Å². The summed E-state index contributed by atoms with van der Waals surface area (Å²) >= 11 is 0. The third kappa shape index (κ3) is 1.47. The maximum absolute atomic E-state index is 2.40. The first-order valence-corrected chi connectivity index (χ1v) is 4.24. The molecule has 1 rings (SSSR count). The molecule has 0 unspecified atom stereocenters. The lowest BCUT2D eigenvalue weighted by Crippen LogP contribution is -2.00. The lowest BCUT2D eigenvalue weighted by Gasteiger charge is -2.10. The highest BCUT2D eigenvalue weighted by atomic mass is 14.3. The van der Waals surface area contributed by atoms with Crippen molar-refractivity contribution in [3.63, 3.8) is 0 Å². The van der Waals surface area contributed by atoms with Crippen LogP contribution in [0.5, 0.6) is 0 Å². The summed E-state index contributed by atoms with van der Waals surface area (Å²) < 4.78 is 0. The monoisotopic (exact) mass is 126 g/mol. The van der Waals surface area contributed by atoms with E-state index < -0.39 is 0 Å². The van der Waals surface area contributed by atoms with Crippen LogP contribution in [0.1, 0.15) is 40.0 Å². The normalized spacial score (nSPS) is 43.7. The van der Waals surface area contributed by atoms with Crippen LogP contribution in [-0.4, -0.2) is 0 Å². The van der Waals surface area contributed by atoms with Crippen molar-refractivity contribution < 1.29 is 0 Å². The average Bonchev–Trinajstić information content (AvgIpc) is 2.10. The smallest absolute Gasteiger partial charge is 0.0388 e. The highest BCUT2D eigenvalue weighted by Crippen LogP contribution is 2.37. The van der Waals surface area contributed by atoms with E-state index >= 15 is 0 Å². The minimum atomic E-state index is 1.00. The van der Waals surface area contributed by atoms with E-state index in [2.05, 4.69) is 20.8 Å². The summed E-state index contributed by atoms with van der Waals surface area (Å²) in [7, 11) is 0. The van der Waals surface area contributed by atoms with Crippen molar-refractivity contribution in [2.75, 3.05) is 0 Å². The van der Waals surface area contributed by atoms with Gasteiger partial charge in [0.05, 0.1) is 0 Å². The zero-order chi connectivity index (χ0) is 6.85. The molecule has 0 amide bonds. The van der Waals surface area contributed by atoms with Gasteiger partial charge >= 0.3 is 0 Å². The van der Waals surface area contributed by atoms with E-state index in [0.29, 0.717) is 0 Å². The van der Waals surface area contributed by atoms with Gasteiger partial charge in [0.25, 0.3) is 0 Å². The highest BCUT2D eigenvalue weighted by Gasteiger charge is 2.26. The van der Waals surface area contributed by atoms with Gasteiger partial charge in [-0.3, -0.25) is 0 Å². The maximum Gasteiger partial charge on any atom is -0.0388 e. The molecule has 0 aromatic carbocycles. The van der Waals surface area contributed by atoms with Crippen molar-refractivity contribution in [3.05, 3.63) is 0 Å². The predicted octanol–water partition coefficient (Wildman–Crippen LogP) is 3.08. The maximum atomic E-state index is 2.40. The minimum absolute atomic E-state index is 1.00. The molecule has 3 atom stereocenters. The Kier molecular flexibility index (Phi) is 2.15. The molecule has 1 aliphatic carbocycles. The zero-order valence-corrected chi connectivity index (χ0v) is 6.85. The van der Waals surface area contributed by atoms with Crippen molar-refractivity contribution in [2.45, 2.75) is 40.0 Å². The van der Waals surface area contributed by atoms with Gasteiger partial charge in [-0.2, -0.15) is 0 Å². The molecule has 0 saturated heterocycles. The van der Waals surface area contributed by atoms with E-state index in [0.717, 1.165) is 17.8 Å². The molecule has 54 valence electrons. The van der Waals surface area contributed by atoms with Crippen LogP contribution in [0, 0.1) is 17.8 Å². The van der Waals surface area contributed by atoms with Gasteiger partial charge < -0.3 is 0 Å². The van der Waals surface area contributed by atoms with Crippen LogP contribution in [0.15, 0.2) is 0 Å². The minimum Gasteiger partial charge on any atom is -0.0651 e. The Bertz CT molecular complexity index is 86.0. The Morgan fingerprint density at radius 1 is 1.22 bits per heavy atom. The lowest BCUT2D eigenvalue weighted by atomic mass is 9.96. The fourth-order valence-corrected chi connectivity index (χ4v) is 2.24. The Hall–Kier alpha value is 0. The van der Waals surface area contributed by atoms with Gasteiger partial charge in [-0.15, -0.1) is 0 Å². The molecule has 0 radical (unpaired) electrons. The average molecular weight is 126 g/mol. The van der Waals surface area contributed by atoms with Crippen molar-refractivity contribution in [3.8, 4) is 0 Å². The van der Waals surface area contributed by atoms with Crippen molar-refractivity contribution in [1.82, 2.24) is 0 Å². The molecule has 1 fully saturated rings. The molecule has 0 aromatic heterocycles. The van der Waals surface area contributed by atoms with Crippen LogP contribution in [0.3, 0.4) is 0 Å². The van der Waals surface area contributed by atoms with Gasteiger partial charge in [-0.25, -0.2) is 0 Å². The first-order chi connectivity index (χ1) is 4.24. The predicted molar refractivity (Wildman–Crippen MR) is 41.3 cm³/mol. The SMILES string of the molecule is CC[C@@H]1C[C@@H](C)C[C@H]1C. The van der Waals surface area contributed by atoms with Crippen molar-refractivity contribution in [2.24, 2.45) is 17.8 Å². The molecule has 0 heterocycles. The number of hydrogen-bond acceptors (Lipinski definition) is 0. The largest absolute Gasteiger partial charge is 0.0651 e. The molecule has 0 aliphatic heterocycles. The van der Waals surface area contributed by atoms with Gasteiger partial charge in [0.2, 0.25) is 0 Å². The van der Waals surface area contributed by atoms with E-state index in [1.807, 2.05) is 0 Å². The molecule has 1 saturated carbocycles. The molecule has 0 heteroatoms. The summed E-state index contributed by atoms with van der Waals surface area (Å²) in [6.07, 6.45) is 4.35. The zero-order valence-electron chi connectivity index (χ0n) is 6.85. The Labute approximate surface area is 58.7 Å². The van der Waals surface area contributed by atoms with Gasteiger partial charge in [-0.1, -0.05) is 27.2 Å². The molecule has 0 aromatic rings. The van der Waals surface area contributed by atoms with Crippen molar-refractivity contribution in [1.29, 1.82) is 0 Å². The van der Waals surface area contributed by atoms with Gasteiger partial charge in [0.15, 0.2) is 0 Å². The molecular weight excluding hydrogens is 108 g/mol. The summed E-state index contributed by atoms with van der Waals surface area (Å²) in [4.78, 5) is 0. The fourth-order valence-electron chi connectivity index (χ4n) is 2.24. The molecule has 0 N–H and O–H groups in total. The first kappa shape index (κ1) is 7.11. The third-order valence-corrected chi connectivity index (χ3v) is 2.81. The second-order valence-corrected chi connectivity index (χ2v) is 3.72. The third-order valence-electron chi connectivity index (χ3n) is 2.81. The lowest BCUT2D eigenvalue weighted by molar-refractivity contribution is 0.406. The second-order valence-electron chi connectivity index (χ2n) is 3.72. The fraction of sp³-hybridized carbons (Fsp3) is 1.00. The molecule has 0 nitrogen and oxygen atoms in total. The van der Waals surface area contributed by atoms with E-state index in [-0.39, 0.29) is 0 Å². The van der Waals surface area contributed by atoms with Crippen LogP contribution in [-0.2, 0) is 0 Å². The molecule has 9 heavy (non-hydrogen) atoms. The van der Waals surface area contributed by atoms with Gasteiger partial charge in [0.1, 0.15) is 0 Å². The summed E-state index contributed by atoms with van der Waals surface area (Å²) in [5.74, 6) is 3.05. The topological polar surface area (TPSA) is 0 Å².